The van der Waals surface area contributed by atoms with E-state index in [4.69, 9.17) is 9.15 Å². The minimum Gasteiger partial charge on any atom is -0.460 e. The Bertz CT molecular complexity index is 572. The van der Waals surface area contributed by atoms with E-state index in [0.29, 0.717) is 18.2 Å². The Balaban J connectivity index is 2.37. The highest BCUT2D eigenvalue weighted by Crippen LogP contribution is 2.23. The van der Waals surface area contributed by atoms with Gasteiger partial charge < -0.3 is 9.15 Å². The Hall–Kier alpha value is -2.10. The highest BCUT2D eigenvalue weighted by molar-refractivity contribution is 5.87. The Labute approximate surface area is 106 Å². The SMILES string of the molecule is CCOC(=O)c1oc(-c2cccc(C)c2)nc1C. The van der Waals surface area contributed by atoms with Crippen molar-refractivity contribution in [2.75, 3.05) is 6.61 Å². The monoisotopic (exact) mass is 245 g/mol. The number of aromatic nitrogens is 1. The molecule has 0 aliphatic heterocycles. The maximum atomic E-state index is 11.6. The number of carbonyl (C=O) groups is 1. The van der Waals surface area contributed by atoms with Gasteiger partial charge >= 0.3 is 5.97 Å². The summed E-state index contributed by atoms with van der Waals surface area (Å²) in [5.41, 5.74) is 2.51. The highest BCUT2D eigenvalue weighted by atomic mass is 16.5. The fraction of sp³-hybridized carbons (Fsp3) is 0.286. The van der Waals surface area contributed by atoms with Gasteiger partial charge in [-0.2, -0.15) is 0 Å². The zero-order valence-electron chi connectivity index (χ0n) is 10.7. The molecule has 0 N–H and O–H groups in total. The van der Waals surface area contributed by atoms with Crippen molar-refractivity contribution >= 4 is 5.97 Å². The minimum atomic E-state index is -0.471. The summed E-state index contributed by atoms with van der Waals surface area (Å²) in [5.74, 6) is 0.147. The second kappa shape index (κ2) is 5.04. The van der Waals surface area contributed by atoms with Gasteiger partial charge in [0.05, 0.1) is 12.3 Å². The van der Waals surface area contributed by atoms with Crippen molar-refractivity contribution in [3.63, 3.8) is 0 Å². The van der Waals surface area contributed by atoms with Crippen LogP contribution in [0.5, 0.6) is 0 Å². The van der Waals surface area contributed by atoms with Crippen LogP contribution in [0.15, 0.2) is 28.7 Å². The predicted molar refractivity (Wildman–Crippen MR) is 67.4 cm³/mol. The summed E-state index contributed by atoms with van der Waals surface area (Å²) in [5, 5.41) is 0. The molecule has 0 aliphatic rings. The maximum Gasteiger partial charge on any atom is 0.376 e. The summed E-state index contributed by atoms with van der Waals surface area (Å²) in [6, 6.07) is 7.77. The molecule has 0 saturated heterocycles. The number of nitrogens with zero attached hydrogens (tertiary/aromatic N) is 1. The third kappa shape index (κ3) is 2.42. The van der Waals surface area contributed by atoms with Crippen LogP contribution in [0.1, 0.15) is 28.7 Å². The fourth-order valence-electron chi connectivity index (χ4n) is 1.68. The lowest BCUT2D eigenvalue weighted by Crippen LogP contribution is -2.04. The van der Waals surface area contributed by atoms with Crippen molar-refractivity contribution in [2.24, 2.45) is 0 Å². The van der Waals surface area contributed by atoms with Crippen LogP contribution in [0.2, 0.25) is 0 Å². The van der Waals surface area contributed by atoms with Crippen LogP contribution in [0.25, 0.3) is 11.5 Å². The van der Waals surface area contributed by atoms with E-state index in [1.165, 1.54) is 0 Å². The Morgan fingerprint density at radius 3 is 2.83 bits per heavy atom. The lowest BCUT2D eigenvalue weighted by molar-refractivity contribution is 0.0490. The molecular formula is C14H15NO3. The molecule has 1 aromatic carbocycles. The van der Waals surface area contributed by atoms with E-state index in [1.54, 1.807) is 13.8 Å². The van der Waals surface area contributed by atoms with Gasteiger partial charge in [0.1, 0.15) is 0 Å². The molecule has 0 amide bonds. The lowest BCUT2D eigenvalue weighted by Gasteiger charge is -1.98. The molecule has 0 saturated carbocycles. The van der Waals surface area contributed by atoms with Gasteiger partial charge in [0.2, 0.25) is 11.7 Å². The average Bonchev–Trinajstić information content (AvgIpc) is 2.72. The van der Waals surface area contributed by atoms with E-state index >= 15 is 0 Å². The zero-order chi connectivity index (χ0) is 13.1. The van der Waals surface area contributed by atoms with E-state index < -0.39 is 5.97 Å². The standard InChI is InChI=1S/C14H15NO3/c1-4-17-14(16)12-10(3)15-13(18-12)11-7-5-6-9(2)8-11/h5-8H,4H2,1-3H3. The summed E-state index contributed by atoms with van der Waals surface area (Å²) >= 11 is 0. The first-order valence-corrected chi connectivity index (χ1v) is 5.83. The molecule has 1 aromatic heterocycles. The van der Waals surface area contributed by atoms with Crippen LogP contribution in [-0.2, 0) is 4.74 Å². The minimum absolute atomic E-state index is 0.174. The zero-order valence-corrected chi connectivity index (χ0v) is 10.7. The van der Waals surface area contributed by atoms with E-state index in [-0.39, 0.29) is 5.76 Å². The summed E-state index contributed by atoms with van der Waals surface area (Å²) in [6.45, 7) is 5.80. The van der Waals surface area contributed by atoms with Crippen LogP contribution in [0.4, 0.5) is 0 Å². The molecule has 2 rings (SSSR count). The molecule has 0 spiro atoms. The molecule has 4 heteroatoms. The number of carbonyl (C=O) groups excluding carboxylic acids is 1. The summed E-state index contributed by atoms with van der Waals surface area (Å²) in [6.07, 6.45) is 0. The van der Waals surface area contributed by atoms with Crippen LogP contribution >= 0.6 is 0 Å². The van der Waals surface area contributed by atoms with Crippen LogP contribution in [-0.4, -0.2) is 17.6 Å². The van der Waals surface area contributed by atoms with Gasteiger partial charge in [-0.3, -0.25) is 0 Å². The highest BCUT2D eigenvalue weighted by Gasteiger charge is 2.19. The molecule has 0 radical (unpaired) electrons. The third-order valence-electron chi connectivity index (χ3n) is 2.52. The first kappa shape index (κ1) is 12.4. The molecule has 18 heavy (non-hydrogen) atoms. The molecule has 1 heterocycles. The topological polar surface area (TPSA) is 52.3 Å². The maximum absolute atomic E-state index is 11.6. The van der Waals surface area contributed by atoms with Crippen molar-refractivity contribution in [1.29, 1.82) is 0 Å². The normalized spacial score (nSPS) is 10.4. The number of hydrogen-bond donors (Lipinski definition) is 0. The van der Waals surface area contributed by atoms with Crippen molar-refractivity contribution in [1.82, 2.24) is 4.98 Å². The molecule has 0 atom stereocenters. The van der Waals surface area contributed by atoms with Gasteiger partial charge in [0.15, 0.2) is 0 Å². The van der Waals surface area contributed by atoms with Crippen LogP contribution in [0.3, 0.4) is 0 Å². The largest absolute Gasteiger partial charge is 0.460 e. The second-order valence-corrected chi connectivity index (χ2v) is 4.02. The summed E-state index contributed by atoms with van der Waals surface area (Å²) in [4.78, 5) is 15.9. The fourth-order valence-corrected chi connectivity index (χ4v) is 1.68. The molecule has 0 bridgehead atoms. The van der Waals surface area contributed by atoms with Crippen molar-refractivity contribution in [3.8, 4) is 11.5 Å². The molecule has 2 aromatic rings. The first-order valence-electron chi connectivity index (χ1n) is 5.83. The van der Waals surface area contributed by atoms with Crippen LogP contribution < -0.4 is 0 Å². The second-order valence-electron chi connectivity index (χ2n) is 4.02. The van der Waals surface area contributed by atoms with Gasteiger partial charge in [-0.05, 0) is 32.9 Å². The van der Waals surface area contributed by atoms with Gasteiger partial charge in [0, 0.05) is 5.56 Å². The lowest BCUT2D eigenvalue weighted by atomic mass is 10.1. The van der Waals surface area contributed by atoms with E-state index in [1.807, 2.05) is 31.2 Å². The quantitative estimate of drug-likeness (QED) is 0.779. The van der Waals surface area contributed by atoms with Crippen molar-refractivity contribution in [2.45, 2.75) is 20.8 Å². The molecule has 0 fully saturated rings. The number of benzene rings is 1. The van der Waals surface area contributed by atoms with Gasteiger partial charge in [-0.1, -0.05) is 17.7 Å². The molecule has 4 nitrogen and oxygen atoms in total. The van der Waals surface area contributed by atoms with E-state index in [9.17, 15) is 4.79 Å². The molecule has 94 valence electrons. The number of rotatable bonds is 3. The predicted octanol–water partition coefficient (Wildman–Crippen LogP) is 3.14. The summed E-state index contributed by atoms with van der Waals surface area (Å²) < 4.78 is 10.4. The molecule has 0 unspecified atom stereocenters. The van der Waals surface area contributed by atoms with Gasteiger partial charge in [-0.15, -0.1) is 0 Å². The number of aryl methyl sites for hydroxylation is 2. The third-order valence-corrected chi connectivity index (χ3v) is 2.52. The first-order chi connectivity index (χ1) is 8.61. The number of oxazole rings is 1. The van der Waals surface area contributed by atoms with Gasteiger partial charge in [-0.25, -0.2) is 9.78 Å². The van der Waals surface area contributed by atoms with Crippen molar-refractivity contribution in [3.05, 3.63) is 41.3 Å². The van der Waals surface area contributed by atoms with Crippen molar-refractivity contribution < 1.29 is 13.9 Å². The number of ether oxygens (including phenoxy) is 1. The Morgan fingerprint density at radius 2 is 2.17 bits per heavy atom. The average molecular weight is 245 g/mol. The molecular weight excluding hydrogens is 230 g/mol. The van der Waals surface area contributed by atoms with Gasteiger partial charge in [0.25, 0.3) is 0 Å². The van der Waals surface area contributed by atoms with E-state index in [0.717, 1.165) is 11.1 Å². The Morgan fingerprint density at radius 1 is 1.39 bits per heavy atom. The smallest absolute Gasteiger partial charge is 0.376 e. The van der Waals surface area contributed by atoms with E-state index in [2.05, 4.69) is 4.98 Å². The number of esters is 1. The summed E-state index contributed by atoms with van der Waals surface area (Å²) in [7, 11) is 0. The Kier molecular flexibility index (Phi) is 3.46. The van der Waals surface area contributed by atoms with Crippen LogP contribution in [0, 0.1) is 13.8 Å². The molecule has 0 aliphatic carbocycles. The number of hydrogen-bond acceptors (Lipinski definition) is 4.